The standard InChI is InChI=1S/C16H24N2O3/c1-13(7-8-16(19)20)17-9-11-18(12-10-17)14-5-3-4-6-15(14)21-2/h3-6,13H,7-12H2,1-2H3,(H,19,20). The fourth-order valence-electron chi connectivity index (χ4n) is 2.81. The predicted molar refractivity (Wildman–Crippen MR) is 83.1 cm³/mol. The van der Waals surface area contributed by atoms with E-state index in [1.165, 1.54) is 0 Å². The van der Waals surface area contributed by atoms with Crippen LogP contribution in [0.15, 0.2) is 24.3 Å². The van der Waals surface area contributed by atoms with Crippen LogP contribution in [0.1, 0.15) is 19.8 Å². The Kier molecular flexibility index (Phi) is 5.44. The van der Waals surface area contributed by atoms with Crippen LogP contribution in [0.5, 0.6) is 5.75 Å². The van der Waals surface area contributed by atoms with E-state index in [2.05, 4.69) is 22.8 Å². The number of hydrogen-bond donors (Lipinski definition) is 1. The van der Waals surface area contributed by atoms with E-state index in [9.17, 15) is 4.79 Å². The molecule has 1 aliphatic rings. The third-order valence-corrected chi connectivity index (χ3v) is 4.14. The van der Waals surface area contributed by atoms with E-state index < -0.39 is 5.97 Å². The molecule has 1 fully saturated rings. The molecule has 1 aromatic carbocycles. The number of carboxylic acids is 1. The number of rotatable bonds is 6. The molecule has 21 heavy (non-hydrogen) atoms. The highest BCUT2D eigenvalue weighted by atomic mass is 16.5. The average molecular weight is 292 g/mol. The molecule has 1 atom stereocenters. The van der Waals surface area contributed by atoms with Crippen LogP contribution in [-0.2, 0) is 4.79 Å². The van der Waals surface area contributed by atoms with Gasteiger partial charge in [-0.05, 0) is 25.5 Å². The minimum atomic E-state index is -0.713. The molecule has 2 rings (SSSR count). The molecule has 1 aliphatic heterocycles. The normalized spacial score (nSPS) is 17.5. The molecule has 1 saturated heterocycles. The van der Waals surface area contributed by atoms with Crippen molar-refractivity contribution in [3.63, 3.8) is 0 Å². The topological polar surface area (TPSA) is 53.0 Å². The summed E-state index contributed by atoms with van der Waals surface area (Å²) in [4.78, 5) is 15.4. The van der Waals surface area contributed by atoms with Crippen LogP contribution in [0.2, 0.25) is 0 Å². The highest BCUT2D eigenvalue weighted by Gasteiger charge is 2.22. The maximum atomic E-state index is 10.7. The lowest BCUT2D eigenvalue weighted by molar-refractivity contribution is -0.137. The number of carbonyl (C=O) groups is 1. The Bertz CT molecular complexity index is 470. The second-order valence-corrected chi connectivity index (χ2v) is 5.48. The van der Waals surface area contributed by atoms with Crippen molar-refractivity contribution in [3.05, 3.63) is 24.3 Å². The summed E-state index contributed by atoms with van der Waals surface area (Å²) >= 11 is 0. The van der Waals surface area contributed by atoms with Crippen molar-refractivity contribution in [3.8, 4) is 5.75 Å². The highest BCUT2D eigenvalue weighted by molar-refractivity contribution is 5.66. The van der Waals surface area contributed by atoms with Gasteiger partial charge in [-0.25, -0.2) is 0 Å². The van der Waals surface area contributed by atoms with Gasteiger partial charge in [-0.3, -0.25) is 9.69 Å². The zero-order chi connectivity index (χ0) is 15.2. The second-order valence-electron chi connectivity index (χ2n) is 5.48. The van der Waals surface area contributed by atoms with Crippen molar-refractivity contribution in [1.82, 2.24) is 4.90 Å². The first-order valence-electron chi connectivity index (χ1n) is 7.45. The van der Waals surface area contributed by atoms with Gasteiger partial charge in [0.05, 0.1) is 12.8 Å². The Balaban J connectivity index is 1.89. The molecule has 0 amide bonds. The fraction of sp³-hybridized carbons (Fsp3) is 0.562. The second kappa shape index (κ2) is 7.31. The first kappa shape index (κ1) is 15.6. The summed E-state index contributed by atoms with van der Waals surface area (Å²) in [6.45, 7) is 5.91. The summed E-state index contributed by atoms with van der Waals surface area (Å²) in [5, 5.41) is 8.77. The molecule has 5 heteroatoms. The lowest BCUT2D eigenvalue weighted by Crippen LogP contribution is -2.49. The summed E-state index contributed by atoms with van der Waals surface area (Å²) in [6.07, 6.45) is 0.956. The Labute approximate surface area is 126 Å². The summed E-state index contributed by atoms with van der Waals surface area (Å²) in [6, 6.07) is 8.40. The van der Waals surface area contributed by atoms with E-state index in [0.29, 0.717) is 12.5 Å². The third-order valence-electron chi connectivity index (χ3n) is 4.14. The summed E-state index contributed by atoms with van der Waals surface area (Å²) < 4.78 is 5.42. The number of anilines is 1. The number of para-hydroxylation sites is 2. The number of methoxy groups -OCH3 is 1. The Morgan fingerprint density at radius 2 is 1.95 bits per heavy atom. The van der Waals surface area contributed by atoms with E-state index >= 15 is 0 Å². The van der Waals surface area contributed by atoms with Crippen LogP contribution in [-0.4, -0.2) is 55.3 Å². The zero-order valence-electron chi connectivity index (χ0n) is 12.8. The number of piperazine rings is 1. The maximum Gasteiger partial charge on any atom is 0.303 e. The molecule has 0 spiro atoms. The summed E-state index contributed by atoms with van der Waals surface area (Å²) in [5.41, 5.74) is 1.14. The van der Waals surface area contributed by atoms with Gasteiger partial charge in [0.25, 0.3) is 0 Å². The molecule has 0 radical (unpaired) electrons. The highest BCUT2D eigenvalue weighted by Crippen LogP contribution is 2.28. The van der Waals surface area contributed by atoms with Crippen LogP contribution in [0.3, 0.4) is 0 Å². The van der Waals surface area contributed by atoms with Crippen LogP contribution in [0, 0.1) is 0 Å². The molecular formula is C16H24N2O3. The molecule has 0 bridgehead atoms. The van der Waals surface area contributed by atoms with Gasteiger partial charge in [0.2, 0.25) is 0 Å². The molecular weight excluding hydrogens is 268 g/mol. The van der Waals surface area contributed by atoms with Crippen molar-refractivity contribution in [2.45, 2.75) is 25.8 Å². The van der Waals surface area contributed by atoms with Crippen LogP contribution in [0.4, 0.5) is 5.69 Å². The lowest BCUT2D eigenvalue weighted by Gasteiger charge is -2.39. The van der Waals surface area contributed by atoms with E-state index in [4.69, 9.17) is 9.84 Å². The van der Waals surface area contributed by atoms with E-state index in [1.54, 1.807) is 7.11 Å². The zero-order valence-corrected chi connectivity index (χ0v) is 12.8. The van der Waals surface area contributed by atoms with Crippen molar-refractivity contribution >= 4 is 11.7 Å². The average Bonchev–Trinajstić information content (AvgIpc) is 2.52. The molecule has 1 N–H and O–H groups in total. The molecule has 0 saturated carbocycles. The largest absolute Gasteiger partial charge is 0.495 e. The number of benzene rings is 1. The fourth-order valence-corrected chi connectivity index (χ4v) is 2.81. The van der Waals surface area contributed by atoms with E-state index in [-0.39, 0.29) is 6.42 Å². The van der Waals surface area contributed by atoms with Crippen molar-refractivity contribution in [2.75, 3.05) is 38.2 Å². The van der Waals surface area contributed by atoms with Gasteiger partial charge in [-0.2, -0.15) is 0 Å². The first-order valence-corrected chi connectivity index (χ1v) is 7.45. The number of hydrogen-bond acceptors (Lipinski definition) is 4. The summed E-state index contributed by atoms with van der Waals surface area (Å²) in [5.74, 6) is 0.194. The van der Waals surface area contributed by atoms with Crippen molar-refractivity contribution in [2.24, 2.45) is 0 Å². The Morgan fingerprint density at radius 3 is 2.57 bits per heavy atom. The van der Waals surface area contributed by atoms with Gasteiger partial charge < -0.3 is 14.7 Å². The van der Waals surface area contributed by atoms with Gasteiger partial charge in [0.1, 0.15) is 5.75 Å². The van der Waals surface area contributed by atoms with Crippen molar-refractivity contribution < 1.29 is 14.6 Å². The number of aliphatic carboxylic acids is 1. The predicted octanol–water partition coefficient (Wildman–Crippen LogP) is 2.07. The maximum absolute atomic E-state index is 10.7. The van der Waals surface area contributed by atoms with E-state index in [1.807, 2.05) is 18.2 Å². The third kappa shape index (κ3) is 4.11. The molecule has 0 aromatic heterocycles. The summed E-state index contributed by atoms with van der Waals surface area (Å²) in [7, 11) is 1.70. The number of carboxylic acid groups (broad SMARTS) is 1. The Morgan fingerprint density at radius 1 is 1.29 bits per heavy atom. The molecule has 5 nitrogen and oxygen atoms in total. The van der Waals surface area contributed by atoms with Gasteiger partial charge in [-0.1, -0.05) is 12.1 Å². The number of ether oxygens (including phenoxy) is 1. The van der Waals surface area contributed by atoms with Gasteiger partial charge in [0, 0.05) is 38.6 Å². The minimum Gasteiger partial charge on any atom is -0.495 e. The van der Waals surface area contributed by atoms with E-state index in [0.717, 1.165) is 37.6 Å². The molecule has 1 heterocycles. The van der Waals surface area contributed by atoms with Gasteiger partial charge >= 0.3 is 5.97 Å². The monoisotopic (exact) mass is 292 g/mol. The number of nitrogens with zero attached hydrogens (tertiary/aromatic N) is 2. The van der Waals surface area contributed by atoms with Gasteiger partial charge in [-0.15, -0.1) is 0 Å². The first-order chi connectivity index (χ1) is 10.1. The van der Waals surface area contributed by atoms with Crippen molar-refractivity contribution in [1.29, 1.82) is 0 Å². The van der Waals surface area contributed by atoms with Crippen LogP contribution < -0.4 is 9.64 Å². The Hall–Kier alpha value is -1.75. The van der Waals surface area contributed by atoms with Crippen LogP contribution in [0.25, 0.3) is 0 Å². The lowest BCUT2D eigenvalue weighted by atomic mass is 10.1. The van der Waals surface area contributed by atoms with Gasteiger partial charge in [0.15, 0.2) is 0 Å². The molecule has 116 valence electrons. The SMILES string of the molecule is COc1ccccc1N1CCN(C(C)CCC(=O)O)CC1. The quantitative estimate of drug-likeness (QED) is 0.870. The molecule has 0 aliphatic carbocycles. The molecule has 1 aromatic rings. The van der Waals surface area contributed by atoms with Crippen LogP contribution >= 0.6 is 0 Å². The minimum absolute atomic E-state index is 0.244. The molecule has 1 unspecified atom stereocenters. The smallest absolute Gasteiger partial charge is 0.303 e.